The molecule has 0 bridgehead atoms. The first-order valence-corrected chi connectivity index (χ1v) is 6.15. The summed E-state index contributed by atoms with van der Waals surface area (Å²) in [7, 11) is 0. The summed E-state index contributed by atoms with van der Waals surface area (Å²) in [6, 6.07) is 9.62. The first-order chi connectivity index (χ1) is 7.86. The van der Waals surface area contributed by atoms with Gasteiger partial charge in [0.25, 0.3) is 0 Å². The van der Waals surface area contributed by atoms with Gasteiger partial charge in [-0.25, -0.2) is 0 Å². The van der Waals surface area contributed by atoms with E-state index < -0.39 is 0 Å². The summed E-state index contributed by atoms with van der Waals surface area (Å²) >= 11 is 0. The van der Waals surface area contributed by atoms with Gasteiger partial charge >= 0.3 is 0 Å². The SMILES string of the molecule is O=C(CCC1CCNCC1)c1ccccc1. The van der Waals surface area contributed by atoms with Gasteiger partial charge in [0.1, 0.15) is 0 Å². The van der Waals surface area contributed by atoms with Crippen molar-refractivity contribution in [3.8, 4) is 0 Å². The smallest absolute Gasteiger partial charge is 0.162 e. The van der Waals surface area contributed by atoms with Crippen LogP contribution in [-0.2, 0) is 0 Å². The van der Waals surface area contributed by atoms with Crippen LogP contribution in [0, 0.1) is 5.92 Å². The Hall–Kier alpha value is -1.15. The van der Waals surface area contributed by atoms with Gasteiger partial charge in [0.2, 0.25) is 0 Å². The molecule has 1 saturated heterocycles. The Morgan fingerprint density at radius 1 is 1.19 bits per heavy atom. The molecule has 1 aromatic carbocycles. The van der Waals surface area contributed by atoms with Crippen molar-refractivity contribution in [1.29, 1.82) is 0 Å². The van der Waals surface area contributed by atoms with Gasteiger partial charge in [-0.05, 0) is 38.3 Å². The summed E-state index contributed by atoms with van der Waals surface area (Å²) < 4.78 is 0. The second kappa shape index (κ2) is 5.80. The zero-order valence-electron chi connectivity index (χ0n) is 9.61. The van der Waals surface area contributed by atoms with E-state index in [1.807, 2.05) is 30.3 Å². The first kappa shape index (κ1) is 11.3. The van der Waals surface area contributed by atoms with Crippen LogP contribution >= 0.6 is 0 Å². The van der Waals surface area contributed by atoms with Crippen molar-refractivity contribution < 1.29 is 4.79 Å². The van der Waals surface area contributed by atoms with Crippen molar-refractivity contribution in [2.75, 3.05) is 13.1 Å². The van der Waals surface area contributed by atoms with E-state index in [9.17, 15) is 4.79 Å². The maximum Gasteiger partial charge on any atom is 0.162 e. The van der Waals surface area contributed by atoms with Crippen LogP contribution in [0.2, 0.25) is 0 Å². The largest absolute Gasteiger partial charge is 0.317 e. The Bertz CT molecular complexity index is 328. The van der Waals surface area contributed by atoms with Crippen LogP contribution in [0.25, 0.3) is 0 Å². The predicted molar refractivity (Wildman–Crippen MR) is 65.6 cm³/mol. The highest BCUT2D eigenvalue weighted by Crippen LogP contribution is 2.19. The van der Waals surface area contributed by atoms with E-state index in [0.29, 0.717) is 12.2 Å². The molecule has 1 fully saturated rings. The summed E-state index contributed by atoms with van der Waals surface area (Å²) in [6.07, 6.45) is 4.20. The van der Waals surface area contributed by atoms with Crippen LogP contribution in [0.3, 0.4) is 0 Å². The van der Waals surface area contributed by atoms with Crippen molar-refractivity contribution in [2.24, 2.45) is 5.92 Å². The molecule has 2 rings (SSSR count). The maximum absolute atomic E-state index is 11.9. The summed E-state index contributed by atoms with van der Waals surface area (Å²) in [4.78, 5) is 11.9. The molecule has 86 valence electrons. The molecule has 1 aliphatic rings. The van der Waals surface area contributed by atoms with E-state index in [1.165, 1.54) is 12.8 Å². The molecule has 1 aliphatic heterocycles. The Balaban J connectivity index is 1.79. The highest BCUT2D eigenvalue weighted by atomic mass is 16.1. The van der Waals surface area contributed by atoms with Crippen LogP contribution in [0.1, 0.15) is 36.0 Å². The number of rotatable bonds is 4. The molecule has 2 nitrogen and oxygen atoms in total. The Morgan fingerprint density at radius 2 is 1.88 bits per heavy atom. The third kappa shape index (κ3) is 3.17. The van der Waals surface area contributed by atoms with E-state index in [0.717, 1.165) is 31.0 Å². The third-order valence-corrected chi connectivity index (χ3v) is 3.33. The van der Waals surface area contributed by atoms with Gasteiger partial charge in [-0.15, -0.1) is 0 Å². The lowest BCUT2D eigenvalue weighted by atomic mass is 9.91. The molecule has 0 aromatic heterocycles. The van der Waals surface area contributed by atoms with Crippen LogP contribution in [0.5, 0.6) is 0 Å². The number of carbonyl (C=O) groups excluding carboxylic acids is 1. The van der Waals surface area contributed by atoms with Crippen molar-refractivity contribution in [3.63, 3.8) is 0 Å². The number of nitrogens with one attached hydrogen (secondary N) is 1. The van der Waals surface area contributed by atoms with Gasteiger partial charge in [-0.1, -0.05) is 30.3 Å². The number of carbonyl (C=O) groups is 1. The monoisotopic (exact) mass is 217 g/mol. The highest BCUT2D eigenvalue weighted by Gasteiger charge is 2.14. The summed E-state index contributed by atoms with van der Waals surface area (Å²) in [6.45, 7) is 2.23. The molecule has 0 amide bonds. The van der Waals surface area contributed by atoms with Crippen LogP contribution in [0.15, 0.2) is 30.3 Å². The van der Waals surface area contributed by atoms with Gasteiger partial charge in [0.05, 0.1) is 0 Å². The van der Waals surface area contributed by atoms with Crippen LogP contribution in [-0.4, -0.2) is 18.9 Å². The molecule has 0 radical (unpaired) electrons. The Kier molecular flexibility index (Phi) is 4.11. The number of benzene rings is 1. The predicted octanol–water partition coefficient (Wildman–Crippen LogP) is 2.65. The molecule has 1 heterocycles. The van der Waals surface area contributed by atoms with E-state index in [-0.39, 0.29) is 0 Å². The zero-order valence-corrected chi connectivity index (χ0v) is 9.61. The quantitative estimate of drug-likeness (QED) is 0.786. The fourth-order valence-electron chi connectivity index (χ4n) is 2.27. The third-order valence-electron chi connectivity index (χ3n) is 3.33. The molecule has 0 atom stereocenters. The summed E-state index contributed by atoms with van der Waals surface area (Å²) in [5, 5.41) is 3.35. The summed E-state index contributed by atoms with van der Waals surface area (Å²) in [5.74, 6) is 1.04. The molecule has 1 N–H and O–H groups in total. The van der Waals surface area contributed by atoms with Crippen molar-refractivity contribution in [3.05, 3.63) is 35.9 Å². The minimum absolute atomic E-state index is 0.291. The number of piperidine rings is 1. The molecular weight excluding hydrogens is 198 g/mol. The zero-order chi connectivity index (χ0) is 11.2. The van der Waals surface area contributed by atoms with Crippen molar-refractivity contribution >= 4 is 5.78 Å². The van der Waals surface area contributed by atoms with Crippen molar-refractivity contribution in [2.45, 2.75) is 25.7 Å². The van der Waals surface area contributed by atoms with Crippen molar-refractivity contribution in [1.82, 2.24) is 5.32 Å². The molecule has 1 aromatic rings. The second-order valence-electron chi connectivity index (χ2n) is 4.52. The topological polar surface area (TPSA) is 29.1 Å². The first-order valence-electron chi connectivity index (χ1n) is 6.15. The molecule has 0 aliphatic carbocycles. The molecule has 0 saturated carbocycles. The average molecular weight is 217 g/mol. The van der Waals surface area contributed by atoms with Gasteiger partial charge in [0, 0.05) is 12.0 Å². The molecule has 0 spiro atoms. The van der Waals surface area contributed by atoms with Gasteiger partial charge in [-0.2, -0.15) is 0 Å². The number of hydrogen-bond donors (Lipinski definition) is 1. The molecule has 2 heteroatoms. The lowest BCUT2D eigenvalue weighted by molar-refractivity contribution is 0.0971. The normalized spacial score (nSPS) is 17.2. The molecular formula is C14H19NO. The van der Waals surface area contributed by atoms with E-state index in [4.69, 9.17) is 0 Å². The lowest BCUT2D eigenvalue weighted by Crippen LogP contribution is -2.27. The number of hydrogen-bond acceptors (Lipinski definition) is 2. The van der Waals surface area contributed by atoms with E-state index in [1.54, 1.807) is 0 Å². The lowest BCUT2D eigenvalue weighted by Gasteiger charge is -2.22. The highest BCUT2D eigenvalue weighted by molar-refractivity contribution is 5.95. The maximum atomic E-state index is 11.9. The van der Waals surface area contributed by atoms with E-state index in [2.05, 4.69) is 5.32 Å². The second-order valence-corrected chi connectivity index (χ2v) is 4.52. The fraction of sp³-hybridized carbons (Fsp3) is 0.500. The number of ketones is 1. The number of Topliss-reactive ketones (excluding diaryl/α,β-unsaturated/α-hetero) is 1. The minimum Gasteiger partial charge on any atom is -0.317 e. The van der Waals surface area contributed by atoms with Gasteiger partial charge < -0.3 is 5.32 Å². The summed E-state index contributed by atoms with van der Waals surface area (Å²) in [5.41, 5.74) is 0.858. The standard InChI is InChI=1S/C14H19NO/c16-14(13-4-2-1-3-5-13)7-6-12-8-10-15-11-9-12/h1-5,12,15H,6-11H2. The van der Waals surface area contributed by atoms with Gasteiger partial charge in [-0.3, -0.25) is 4.79 Å². The fourth-order valence-corrected chi connectivity index (χ4v) is 2.27. The molecule has 16 heavy (non-hydrogen) atoms. The van der Waals surface area contributed by atoms with Crippen LogP contribution in [0.4, 0.5) is 0 Å². The van der Waals surface area contributed by atoms with E-state index >= 15 is 0 Å². The molecule has 0 unspecified atom stereocenters. The van der Waals surface area contributed by atoms with Gasteiger partial charge in [0.15, 0.2) is 5.78 Å². The average Bonchev–Trinajstić information content (AvgIpc) is 2.38. The van der Waals surface area contributed by atoms with Crippen LogP contribution < -0.4 is 5.32 Å². The Morgan fingerprint density at radius 3 is 2.56 bits per heavy atom. The minimum atomic E-state index is 0.291. The Labute approximate surface area is 97.1 Å².